The zero-order valence-corrected chi connectivity index (χ0v) is 13.5. The van der Waals surface area contributed by atoms with Crippen molar-refractivity contribution in [2.24, 2.45) is 5.92 Å². The van der Waals surface area contributed by atoms with Crippen LogP contribution in [0.5, 0.6) is 5.75 Å². The maximum atomic E-state index is 12.3. The van der Waals surface area contributed by atoms with E-state index in [0.717, 1.165) is 31.4 Å². The van der Waals surface area contributed by atoms with Crippen LogP contribution in [0.15, 0.2) is 23.1 Å². The fourth-order valence-electron chi connectivity index (χ4n) is 2.09. The lowest BCUT2D eigenvalue weighted by Crippen LogP contribution is -2.26. The monoisotopic (exact) mass is 312 g/mol. The average molecular weight is 312 g/mol. The molecule has 6 heteroatoms. The van der Waals surface area contributed by atoms with E-state index in [1.165, 1.54) is 0 Å². The molecular formula is C15H24N2O3S. The van der Waals surface area contributed by atoms with Crippen LogP contribution in [0.1, 0.15) is 31.7 Å². The molecule has 1 aliphatic carbocycles. The second-order valence-corrected chi connectivity index (χ2v) is 7.21. The van der Waals surface area contributed by atoms with Gasteiger partial charge in [0, 0.05) is 18.7 Å². The highest BCUT2D eigenvalue weighted by atomic mass is 32.2. The van der Waals surface area contributed by atoms with E-state index in [9.17, 15) is 8.42 Å². The second kappa shape index (κ2) is 7.24. The Bertz CT molecular complexity index is 568. The van der Waals surface area contributed by atoms with Crippen molar-refractivity contribution in [2.45, 2.75) is 37.6 Å². The predicted octanol–water partition coefficient (Wildman–Crippen LogP) is 1.88. The summed E-state index contributed by atoms with van der Waals surface area (Å²) >= 11 is 0. The molecule has 1 aliphatic rings. The molecule has 0 aliphatic heterocycles. The lowest BCUT2D eigenvalue weighted by atomic mass is 10.2. The Morgan fingerprint density at radius 3 is 2.71 bits per heavy atom. The molecule has 0 heterocycles. The first-order valence-corrected chi connectivity index (χ1v) is 8.92. The molecule has 5 nitrogen and oxygen atoms in total. The zero-order chi connectivity index (χ0) is 15.3. The Hall–Kier alpha value is -1.11. The summed E-state index contributed by atoms with van der Waals surface area (Å²) in [5.41, 5.74) is 0.861. The van der Waals surface area contributed by atoms with Gasteiger partial charge in [-0.25, -0.2) is 13.1 Å². The summed E-state index contributed by atoms with van der Waals surface area (Å²) in [6.07, 6.45) is 3.28. The average Bonchev–Trinajstić information content (AvgIpc) is 3.29. The molecule has 2 rings (SSSR count). The fourth-order valence-corrected chi connectivity index (χ4v) is 3.26. The molecule has 0 radical (unpaired) electrons. The Morgan fingerprint density at radius 1 is 1.33 bits per heavy atom. The van der Waals surface area contributed by atoms with Crippen molar-refractivity contribution in [3.8, 4) is 5.75 Å². The summed E-state index contributed by atoms with van der Waals surface area (Å²) in [5, 5.41) is 3.27. The predicted molar refractivity (Wildman–Crippen MR) is 82.9 cm³/mol. The van der Waals surface area contributed by atoms with Gasteiger partial charge in [0.15, 0.2) is 0 Å². The minimum atomic E-state index is -3.43. The van der Waals surface area contributed by atoms with Gasteiger partial charge in [-0.3, -0.25) is 0 Å². The largest absolute Gasteiger partial charge is 0.496 e. The molecule has 0 spiro atoms. The maximum absolute atomic E-state index is 12.3. The SMILES string of the molecule is CCCNCc1cc(S(=O)(=O)NCC2CC2)ccc1OC. The van der Waals surface area contributed by atoms with E-state index >= 15 is 0 Å². The third-order valence-corrected chi connectivity index (χ3v) is 4.98. The summed E-state index contributed by atoms with van der Waals surface area (Å²) in [6, 6.07) is 5.00. The standard InChI is InChI=1S/C15H24N2O3S/c1-3-8-16-11-13-9-14(6-7-15(13)20-2)21(18,19)17-10-12-4-5-12/h6-7,9,12,16-17H,3-5,8,10-11H2,1-2H3. The molecular weight excluding hydrogens is 288 g/mol. The number of hydrogen-bond acceptors (Lipinski definition) is 4. The number of hydrogen-bond donors (Lipinski definition) is 2. The molecule has 1 aromatic carbocycles. The highest BCUT2D eigenvalue weighted by molar-refractivity contribution is 7.89. The minimum Gasteiger partial charge on any atom is -0.496 e. The Morgan fingerprint density at radius 2 is 2.10 bits per heavy atom. The second-order valence-electron chi connectivity index (χ2n) is 5.45. The molecule has 21 heavy (non-hydrogen) atoms. The highest BCUT2D eigenvalue weighted by Gasteiger charge is 2.24. The van der Waals surface area contributed by atoms with Crippen molar-refractivity contribution in [3.63, 3.8) is 0 Å². The molecule has 0 bridgehead atoms. The number of ether oxygens (including phenoxy) is 1. The number of sulfonamides is 1. The van der Waals surface area contributed by atoms with Crippen LogP contribution in [-0.4, -0.2) is 28.6 Å². The molecule has 1 aromatic rings. The van der Waals surface area contributed by atoms with E-state index < -0.39 is 10.0 Å². The lowest BCUT2D eigenvalue weighted by Gasteiger charge is -2.12. The third-order valence-electron chi connectivity index (χ3n) is 3.56. The first-order valence-electron chi connectivity index (χ1n) is 7.44. The van der Waals surface area contributed by atoms with E-state index in [1.807, 2.05) is 0 Å². The van der Waals surface area contributed by atoms with Crippen LogP contribution in [0.25, 0.3) is 0 Å². The smallest absolute Gasteiger partial charge is 0.240 e. The van der Waals surface area contributed by atoms with Crippen LogP contribution < -0.4 is 14.8 Å². The van der Waals surface area contributed by atoms with Gasteiger partial charge in [0.2, 0.25) is 10.0 Å². The third kappa shape index (κ3) is 4.69. The normalized spacial score (nSPS) is 15.1. The van der Waals surface area contributed by atoms with Crippen molar-refractivity contribution in [1.82, 2.24) is 10.0 Å². The quantitative estimate of drug-likeness (QED) is 0.683. The number of methoxy groups -OCH3 is 1. The molecule has 2 N–H and O–H groups in total. The van der Waals surface area contributed by atoms with Crippen molar-refractivity contribution < 1.29 is 13.2 Å². The van der Waals surface area contributed by atoms with E-state index in [0.29, 0.717) is 29.7 Å². The molecule has 0 unspecified atom stereocenters. The van der Waals surface area contributed by atoms with Crippen molar-refractivity contribution >= 4 is 10.0 Å². The van der Waals surface area contributed by atoms with Gasteiger partial charge in [0.1, 0.15) is 5.75 Å². The Balaban J connectivity index is 2.12. The number of benzene rings is 1. The fraction of sp³-hybridized carbons (Fsp3) is 0.600. The van der Waals surface area contributed by atoms with E-state index in [2.05, 4.69) is 17.0 Å². The molecule has 0 aromatic heterocycles. The van der Waals surface area contributed by atoms with E-state index in [4.69, 9.17) is 4.74 Å². The first-order chi connectivity index (χ1) is 10.1. The van der Waals surface area contributed by atoms with E-state index in [1.54, 1.807) is 25.3 Å². The highest BCUT2D eigenvalue weighted by Crippen LogP contribution is 2.28. The first kappa shape index (κ1) is 16.3. The molecule has 0 amide bonds. The van der Waals surface area contributed by atoms with Gasteiger partial charge in [-0.2, -0.15) is 0 Å². The summed E-state index contributed by atoms with van der Waals surface area (Å²) in [4.78, 5) is 0.303. The van der Waals surface area contributed by atoms with Crippen LogP contribution in [0, 0.1) is 5.92 Å². The Labute approximate surface area is 127 Å². The van der Waals surface area contributed by atoms with Crippen LogP contribution in [-0.2, 0) is 16.6 Å². The maximum Gasteiger partial charge on any atom is 0.240 e. The topological polar surface area (TPSA) is 67.4 Å². The van der Waals surface area contributed by atoms with Gasteiger partial charge in [0.25, 0.3) is 0 Å². The van der Waals surface area contributed by atoms with Gasteiger partial charge in [-0.05, 0) is 49.9 Å². The molecule has 0 atom stereocenters. The number of nitrogens with one attached hydrogen (secondary N) is 2. The molecule has 1 fully saturated rings. The van der Waals surface area contributed by atoms with Crippen molar-refractivity contribution in [3.05, 3.63) is 23.8 Å². The Kier molecular flexibility index (Phi) is 5.61. The van der Waals surface area contributed by atoms with Gasteiger partial charge >= 0.3 is 0 Å². The van der Waals surface area contributed by atoms with Gasteiger partial charge in [-0.15, -0.1) is 0 Å². The van der Waals surface area contributed by atoms with Crippen LogP contribution in [0.3, 0.4) is 0 Å². The van der Waals surface area contributed by atoms with Crippen molar-refractivity contribution in [1.29, 1.82) is 0 Å². The lowest BCUT2D eigenvalue weighted by molar-refractivity contribution is 0.407. The summed E-state index contributed by atoms with van der Waals surface area (Å²) in [5.74, 6) is 1.23. The zero-order valence-electron chi connectivity index (χ0n) is 12.7. The van der Waals surface area contributed by atoms with Crippen LogP contribution in [0.4, 0.5) is 0 Å². The summed E-state index contributed by atoms with van der Waals surface area (Å²) < 4.78 is 32.5. The number of rotatable bonds is 9. The summed E-state index contributed by atoms with van der Waals surface area (Å²) in [7, 11) is -1.83. The van der Waals surface area contributed by atoms with Gasteiger partial charge in [-0.1, -0.05) is 6.92 Å². The van der Waals surface area contributed by atoms with E-state index in [-0.39, 0.29) is 0 Å². The molecule has 118 valence electrons. The molecule has 1 saturated carbocycles. The van der Waals surface area contributed by atoms with Gasteiger partial charge in [0.05, 0.1) is 12.0 Å². The minimum absolute atomic E-state index is 0.303. The van der Waals surface area contributed by atoms with Crippen molar-refractivity contribution in [2.75, 3.05) is 20.2 Å². The van der Waals surface area contributed by atoms with Crippen LogP contribution in [0.2, 0.25) is 0 Å². The van der Waals surface area contributed by atoms with Gasteiger partial charge < -0.3 is 10.1 Å². The molecule has 0 saturated heterocycles. The summed E-state index contributed by atoms with van der Waals surface area (Å²) in [6.45, 7) is 4.12. The van der Waals surface area contributed by atoms with Crippen LogP contribution >= 0.6 is 0 Å².